The molecule has 40 heavy (non-hydrogen) atoms. The van der Waals surface area contributed by atoms with Gasteiger partial charge in [-0.25, -0.2) is 0 Å². The largest absolute Gasteiger partial charge is 0.461 e. The number of esters is 1. The molecule has 0 radical (unpaired) electrons. The zero-order valence-corrected chi connectivity index (χ0v) is 22.8. The highest BCUT2D eigenvalue weighted by Gasteiger charge is 2.40. The summed E-state index contributed by atoms with van der Waals surface area (Å²) in [5.74, 6) is -0.463. The molecule has 0 amide bonds. The molecule has 218 valence electrons. The Kier molecular flexibility index (Phi) is 13.1. The second-order valence-electron chi connectivity index (χ2n) is 10.5. The van der Waals surface area contributed by atoms with Crippen LogP contribution in [0.1, 0.15) is 68.1 Å². The first kappa shape index (κ1) is 31.3. The van der Waals surface area contributed by atoms with E-state index in [0.717, 1.165) is 6.42 Å². The lowest BCUT2D eigenvalue weighted by Gasteiger charge is -2.23. The van der Waals surface area contributed by atoms with E-state index in [9.17, 15) is 30.2 Å². The average molecular weight is 556 g/mol. The second kappa shape index (κ2) is 16.7. The molecule has 1 fully saturated rings. The van der Waals surface area contributed by atoms with Crippen molar-refractivity contribution < 1.29 is 34.8 Å². The molecule has 0 spiro atoms. The monoisotopic (exact) mass is 555 g/mol. The summed E-state index contributed by atoms with van der Waals surface area (Å²) in [6.45, 7) is -0.176. The van der Waals surface area contributed by atoms with E-state index in [0.29, 0.717) is 56.1 Å². The number of hydrogen-bond acceptors (Lipinski definition) is 8. The summed E-state index contributed by atoms with van der Waals surface area (Å²) in [5.41, 5.74) is 2.45. The predicted octanol–water partition coefficient (Wildman–Crippen LogP) is 4.69. The van der Waals surface area contributed by atoms with Gasteiger partial charge in [-0.1, -0.05) is 66.7 Å². The molecule has 0 heterocycles. The molecular weight excluding hydrogens is 514 g/mol. The van der Waals surface area contributed by atoms with Crippen molar-refractivity contribution >= 4 is 5.97 Å². The van der Waals surface area contributed by atoms with Crippen LogP contribution in [0.4, 0.5) is 0 Å². The highest BCUT2D eigenvalue weighted by atomic mass is 16.9. The molecule has 1 saturated carbocycles. The summed E-state index contributed by atoms with van der Waals surface area (Å²) >= 11 is 0. The number of benzene rings is 2. The molecule has 3 N–H and O–H groups in total. The number of unbranched alkanes of at least 4 members (excludes halogenated alkanes) is 1. The van der Waals surface area contributed by atoms with E-state index >= 15 is 0 Å². The first-order valence-corrected chi connectivity index (χ1v) is 14.1. The number of aryl methyl sites for hydroxylation is 1. The number of allylic oxidation sites excluding steroid dienone is 2. The van der Waals surface area contributed by atoms with Gasteiger partial charge in [0.2, 0.25) is 0 Å². The zero-order chi connectivity index (χ0) is 28.7. The Morgan fingerprint density at radius 3 is 2.38 bits per heavy atom. The Bertz CT molecular complexity index is 1080. The van der Waals surface area contributed by atoms with Gasteiger partial charge in [0.1, 0.15) is 13.2 Å². The van der Waals surface area contributed by atoms with Crippen LogP contribution in [0.15, 0.2) is 66.7 Å². The van der Waals surface area contributed by atoms with Crippen molar-refractivity contribution in [3.8, 4) is 0 Å². The smallest absolute Gasteiger partial charge is 0.306 e. The molecule has 0 bridgehead atoms. The van der Waals surface area contributed by atoms with Gasteiger partial charge in [0, 0.05) is 6.42 Å². The molecule has 0 aromatic heterocycles. The molecule has 5 atom stereocenters. The number of nitrogens with zero attached hydrogens (tertiary/aromatic N) is 1. The van der Waals surface area contributed by atoms with E-state index < -0.39 is 23.4 Å². The van der Waals surface area contributed by atoms with Crippen LogP contribution in [0.5, 0.6) is 0 Å². The van der Waals surface area contributed by atoms with Gasteiger partial charge in [-0.15, -0.1) is 10.1 Å². The minimum Gasteiger partial charge on any atom is -0.461 e. The maximum Gasteiger partial charge on any atom is 0.306 e. The summed E-state index contributed by atoms with van der Waals surface area (Å²) in [4.78, 5) is 27.0. The zero-order valence-electron chi connectivity index (χ0n) is 22.8. The third-order valence-electron chi connectivity index (χ3n) is 7.62. The van der Waals surface area contributed by atoms with E-state index in [1.807, 2.05) is 30.4 Å². The van der Waals surface area contributed by atoms with Crippen molar-refractivity contribution in [1.82, 2.24) is 0 Å². The Morgan fingerprint density at radius 1 is 0.975 bits per heavy atom. The van der Waals surface area contributed by atoms with Gasteiger partial charge in [-0.05, 0) is 79.9 Å². The normalized spacial score (nSPS) is 21.4. The lowest BCUT2D eigenvalue weighted by Crippen LogP contribution is -2.23. The Labute approximate surface area is 235 Å². The summed E-state index contributed by atoms with van der Waals surface area (Å²) in [7, 11) is 0. The summed E-state index contributed by atoms with van der Waals surface area (Å²) < 4.78 is 5.32. The van der Waals surface area contributed by atoms with Crippen molar-refractivity contribution in [2.45, 2.75) is 89.3 Å². The van der Waals surface area contributed by atoms with Crippen LogP contribution < -0.4 is 0 Å². The van der Waals surface area contributed by atoms with Gasteiger partial charge < -0.3 is 24.9 Å². The fourth-order valence-corrected chi connectivity index (χ4v) is 5.34. The fourth-order valence-electron chi connectivity index (χ4n) is 5.34. The number of aliphatic hydroxyl groups excluding tert-OH is 3. The minimum absolute atomic E-state index is 0.0240. The third kappa shape index (κ3) is 10.7. The summed E-state index contributed by atoms with van der Waals surface area (Å²) in [6, 6.07) is 17.0. The van der Waals surface area contributed by atoms with Crippen LogP contribution in [0.3, 0.4) is 0 Å². The first-order valence-electron chi connectivity index (χ1n) is 14.1. The van der Waals surface area contributed by atoms with Gasteiger partial charge in [0.05, 0.1) is 18.3 Å². The quantitative estimate of drug-likeness (QED) is 0.0840. The predicted molar refractivity (Wildman–Crippen MR) is 149 cm³/mol. The molecule has 9 nitrogen and oxygen atoms in total. The van der Waals surface area contributed by atoms with E-state index in [-0.39, 0.29) is 37.4 Å². The lowest BCUT2D eigenvalue weighted by molar-refractivity contribution is -0.763. The maximum absolute atomic E-state index is 12.1. The van der Waals surface area contributed by atoms with Crippen molar-refractivity contribution in [3.05, 3.63) is 93.6 Å². The minimum atomic E-state index is -0.856. The molecule has 1 aliphatic carbocycles. The van der Waals surface area contributed by atoms with Crippen LogP contribution in [-0.4, -0.2) is 44.7 Å². The lowest BCUT2D eigenvalue weighted by atomic mass is 9.85. The van der Waals surface area contributed by atoms with Gasteiger partial charge in [-0.3, -0.25) is 4.79 Å². The molecule has 3 rings (SSSR count). The Hall–Kier alpha value is -3.27. The maximum atomic E-state index is 12.1. The SMILES string of the molecule is O=C(CCC/C=C\C[C@@H]1[C@@H](CC[C@@H](O)CCc2ccccc2)[C@H](O)C[C@@H]1O)OCc1ccccc1CO[N+](=O)[O-]. The molecule has 0 saturated heterocycles. The van der Waals surface area contributed by atoms with Crippen molar-refractivity contribution in [3.63, 3.8) is 0 Å². The van der Waals surface area contributed by atoms with Crippen LogP contribution in [0, 0.1) is 22.0 Å². The topological polar surface area (TPSA) is 139 Å². The van der Waals surface area contributed by atoms with E-state index in [1.165, 1.54) is 5.56 Å². The highest BCUT2D eigenvalue weighted by molar-refractivity contribution is 5.69. The number of hydrogen-bond donors (Lipinski definition) is 3. The third-order valence-corrected chi connectivity index (χ3v) is 7.62. The van der Waals surface area contributed by atoms with Crippen molar-refractivity contribution in [2.24, 2.45) is 11.8 Å². The van der Waals surface area contributed by atoms with Crippen LogP contribution in [0.25, 0.3) is 0 Å². The molecule has 1 aliphatic rings. The molecule has 0 aliphatic heterocycles. The fraction of sp³-hybridized carbons (Fsp3) is 0.516. The molecule has 9 heteroatoms. The van der Waals surface area contributed by atoms with Crippen LogP contribution >= 0.6 is 0 Å². The number of ether oxygens (including phenoxy) is 1. The van der Waals surface area contributed by atoms with Crippen LogP contribution in [0.2, 0.25) is 0 Å². The van der Waals surface area contributed by atoms with Gasteiger partial charge in [0.15, 0.2) is 0 Å². The summed E-state index contributed by atoms with van der Waals surface area (Å²) in [5, 5.41) is 41.0. The average Bonchev–Trinajstić information content (AvgIpc) is 3.22. The second-order valence-corrected chi connectivity index (χ2v) is 10.5. The van der Waals surface area contributed by atoms with E-state index in [4.69, 9.17) is 4.74 Å². The van der Waals surface area contributed by atoms with Crippen LogP contribution in [-0.2, 0) is 34.0 Å². The van der Waals surface area contributed by atoms with Gasteiger partial charge in [-0.2, -0.15) is 0 Å². The van der Waals surface area contributed by atoms with E-state index in [1.54, 1.807) is 24.3 Å². The number of carbonyl (C=O) groups is 1. The first-order chi connectivity index (χ1) is 19.3. The molecule has 2 aromatic rings. The summed E-state index contributed by atoms with van der Waals surface area (Å²) in [6.07, 6.45) is 7.67. The molecule has 0 unspecified atom stereocenters. The van der Waals surface area contributed by atoms with Gasteiger partial charge >= 0.3 is 5.97 Å². The van der Waals surface area contributed by atoms with Gasteiger partial charge in [0.25, 0.3) is 5.09 Å². The number of rotatable bonds is 17. The standard InChI is InChI=1S/C31H41NO8/c33-26(17-16-23-10-4-3-5-11-23)18-19-28-27(29(34)20-30(28)35)14-6-1-2-7-15-31(36)39-21-24-12-8-9-13-25(24)22-40-32(37)38/h1,3-6,8-13,26-30,33-35H,2,7,14-22H2/b6-1-/t26-,27+,28+,29-,30+/m0/s1. The van der Waals surface area contributed by atoms with Crippen molar-refractivity contribution in [1.29, 1.82) is 0 Å². The Balaban J connectivity index is 1.33. The number of carbonyl (C=O) groups excluding carboxylic acids is 1. The molecule has 2 aromatic carbocycles. The molecular formula is C31H41NO8. The van der Waals surface area contributed by atoms with Crippen molar-refractivity contribution in [2.75, 3.05) is 0 Å². The highest BCUT2D eigenvalue weighted by Crippen LogP contribution is 2.38. The van der Waals surface area contributed by atoms with E-state index in [2.05, 4.69) is 17.0 Å². The Morgan fingerprint density at radius 2 is 1.65 bits per heavy atom. The number of aliphatic hydroxyl groups is 3.